The van der Waals surface area contributed by atoms with Crippen molar-refractivity contribution in [2.45, 2.75) is 0 Å². The lowest BCUT2D eigenvalue weighted by Crippen LogP contribution is -1.81. The minimum Gasteiger partial charge on any atom is -0.328 e. The first-order valence-electron chi connectivity index (χ1n) is 0.765. The van der Waals surface area contributed by atoms with E-state index in [2.05, 4.69) is 0 Å². The van der Waals surface area contributed by atoms with E-state index >= 15 is 0 Å². The summed E-state index contributed by atoms with van der Waals surface area (Å²) >= 11 is 0. The third-order valence-corrected chi connectivity index (χ3v) is 0. The molecule has 0 unspecified atom stereocenters. The molecule has 0 rings (SSSR count). The lowest BCUT2D eigenvalue weighted by Gasteiger charge is -1.56. The Hall–Kier alpha value is -0.590. The van der Waals surface area contributed by atoms with Crippen LogP contribution in [0, 0.1) is 10.1 Å². The van der Waals surface area contributed by atoms with E-state index in [9.17, 15) is 0 Å². The van der Waals surface area contributed by atoms with E-state index in [1.54, 1.807) is 0 Å². The predicted octanol–water partition coefficient (Wildman–Crippen LogP) is 0.0915. The molecule has 7 heavy (non-hydrogen) atoms. The first kappa shape index (κ1) is 16.1. The molecular weight excluding hydrogens is 129 g/mol. The van der Waals surface area contributed by atoms with Gasteiger partial charge in [0.05, 0.1) is 0 Å². The van der Waals surface area contributed by atoms with Crippen molar-refractivity contribution in [2.24, 2.45) is 0 Å². The van der Waals surface area contributed by atoms with Gasteiger partial charge in [-0.15, -0.1) is 22.5 Å². The molecular formula is H4ClNO5. The zero-order chi connectivity index (χ0) is 5.58. The molecule has 7 heteroatoms. The topological polar surface area (TPSA) is 104 Å². The number of nitrogens with zero attached hydrogens (tertiary/aromatic N) is 1. The van der Waals surface area contributed by atoms with Crippen LogP contribution in [0.15, 0.2) is 0 Å². The summed E-state index contributed by atoms with van der Waals surface area (Å²) in [6.45, 7) is 0. The fraction of sp³-hybridized carbons (Fsp3) is 0. The maximum atomic E-state index is 8.36. The van der Waals surface area contributed by atoms with Crippen LogP contribution in [0.3, 0.4) is 0 Å². The Balaban J connectivity index is -0.0000000480. The van der Waals surface area contributed by atoms with E-state index in [1.807, 2.05) is 0 Å². The van der Waals surface area contributed by atoms with E-state index in [-0.39, 0.29) is 12.4 Å². The van der Waals surface area contributed by atoms with Crippen LogP contribution in [0.1, 0.15) is 0 Å². The van der Waals surface area contributed by atoms with Crippen molar-refractivity contribution in [3.05, 3.63) is 10.1 Å². The zero-order valence-corrected chi connectivity index (χ0v) is 3.83. The molecule has 0 aromatic carbocycles. The molecule has 0 atom stereocenters. The molecule has 0 radical (unpaired) electrons. The highest BCUT2D eigenvalue weighted by molar-refractivity contribution is 5.85. The highest BCUT2D eigenvalue weighted by atomic mass is 35.5. The van der Waals surface area contributed by atoms with Gasteiger partial charge in [0.15, 0.2) is 0 Å². The van der Waals surface area contributed by atoms with Gasteiger partial charge in [0.25, 0.3) is 5.09 Å². The lowest BCUT2D eigenvalue weighted by molar-refractivity contribution is -0.742. The van der Waals surface area contributed by atoms with Crippen molar-refractivity contribution in [1.29, 1.82) is 0 Å². The minimum absolute atomic E-state index is 0. The molecule has 0 aliphatic heterocycles. The van der Waals surface area contributed by atoms with Gasteiger partial charge >= 0.3 is 0 Å². The molecule has 6 nitrogen and oxygen atoms in total. The second-order valence-corrected chi connectivity index (χ2v) is 0.238. The first-order chi connectivity index (χ1) is 2.73. The Bertz CT molecular complexity index is 31.1. The van der Waals surface area contributed by atoms with E-state index in [0.717, 1.165) is 0 Å². The summed E-state index contributed by atoms with van der Waals surface area (Å²) in [7, 11) is 0. The molecule has 0 spiro atoms. The lowest BCUT2D eigenvalue weighted by atomic mass is 13.1. The standard InChI is InChI=1S/ClH.HNO3.H2O2/c;2-1(3)4;1-2/h1H;(H,2,3,4);1-2H. The molecule has 0 fully saturated rings. The Morgan fingerprint density at radius 3 is 1.43 bits per heavy atom. The van der Waals surface area contributed by atoms with Crippen LogP contribution in [0.25, 0.3) is 0 Å². The zero-order valence-electron chi connectivity index (χ0n) is 3.01. The third kappa shape index (κ3) is 181. The third-order valence-electron chi connectivity index (χ3n) is 0. The largest absolute Gasteiger partial charge is 0.328 e. The van der Waals surface area contributed by atoms with Crippen LogP contribution in [0.2, 0.25) is 0 Å². The summed E-state index contributed by atoms with van der Waals surface area (Å²) in [4.78, 5) is 8.36. The van der Waals surface area contributed by atoms with Crippen molar-refractivity contribution in [1.82, 2.24) is 0 Å². The van der Waals surface area contributed by atoms with Gasteiger partial charge in [-0.3, -0.25) is 10.5 Å². The number of rotatable bonds is 0. The Morgan fingerprint density at radius 2 is 1.43 bits per heavy atom. The summed E-state index contributed by atoms with van der Waals surface area (Å²) in [5, 5.41) is 25.6. The molecule has 46 valence electrons. The van der Waals surface area contributed by atoms with Gasteiger partial charge in [-0.1, -0.05) is 0 Å². The molecule has 3 N–H and O–H groups in total. The Labute approximate surface area is 44.5 Å². The van der Waals surface area contributed by atoms with Crippen LogP contribution >= 0.6 is 12.4 Å². The molecule has 0 heterocycles. The fourth-order valence-electron chi connectivity index (χ4n) is 0. The average molecular weight is 133 g/mol. The second-order valence-electron chi connectivity index (χ2n) is 0.238. The van der Waals surface area contributed by atoms with Gasteiger partial charge in [0.1, 0.15) is 0 Å². The smallest absolute Gasteiger partial charge is 0.291 e. The molecule has 0 aliphatic rings. The second kappa shape index (κ2) is 18.1. The molecule has 0 aromatic heterocycles. The summed E-state index contributed by atoms with van der Waals surface area (Å²) in [5.74, 6) is 0. The summed E-state index contributed by atoms with van der Waals surface area (Å²) < 4.78 is 0. The van der Waals surface area contributed by atoms with E-state index < -0.39 is 5.09 Å². The van der Waals surface area contributed by atoms with Crippen molar-refractivity contribution < 1.29 is 20.8 Å². The van der Waals surface area contributed by atoms with Gasteiger partial charge < -0.3 is 5.21 Å². The molecule has 0 aromatic rings. The Kier molecular flexibility index (Phi) is 41.8. The van der Waals surface area contributed by atoms with Crippen LogP contribution < -0.4 is 0 Å². The molecule has 0 aliphatic carbocycles. The number of hydrogen-bond donors (Lipinski definition) is 3. The first-order valence-corrected chi connectivity index (χ1v) is 0.765. The Morgan fingerprint density at radius 1 is 1.43 bits per heavy atom. The van der Waals surface area contributed by atoms with Gasteiger partial charge in [-0.25, -0.2) is 0 Å². The van der Waals surface area contributed by atoms with Gasteiger partial charge in [0.2, 0.25) is 0 Å². The van der Waals surface area contributed by atoms with Crippen molar-refractivity contribution in [2.75, 3.05) is 0 Å². The number of hydrogen-bond acceptors (Lipinski definition) is 4. The van der Waals surface area contributed by atoms with E-state index in [0.29, 0.717) is 0 Å². The van der Waals surface area contributed by atoms with Crippen LogP contribution in [-0.4, -0.2) is 20.8 Å². The quantitative estimate of drug-likeness (QED) is 0.247. The fourth-order valence-corrected chi connectivity index (χ4v) is 0. The summed E-state index contributed by atoms with van der Waals surface area (Å²) in [6.07, 6.45) is 0. The van der Waals surface area contributed by atoms with Crippen LogP contribution in [-0.2, 0) is 0 Å². The molecule has 0 saturated heterocycles. The average Bonchev–Trinajstić information content (AvgIpc) is 1.41. The summed E-state index contributed by atoms with van der Waals surface area (Å²) in [6, 6.07) is 0. The van der Waals surface area contributed by atoms with Crippen LogP contribution in [0.4, 0.5) is 0 Å². The predicted molar refractivity (Wildman–Crippen MR) is 21.3 cm³/mol. The minimum atomic E-state index is -1.50. The van der Waals surface area contributed by atoms with Crippen molar-refractivity contribution >= 4 is 12.4 Å². The summed E-state index contributed by atoms with van der Waals surface area (Å²) in [5.41, 5.74) is 0. The van der Waals surface area contributed by atoms with Gasteiger partial charge in [0, 0.05) is 0 Å². The highest BCUT2D eigenvalue weighted by Gasteiger charge is 1.65. The number of halogens is 1. The molecule has 0 bridgehead atoms. The highest BCUT2D eigenvalue weighted by Crippen LogP contribution is 1.38. The van der Waals surface area contributed by atoms with Gasteiger partial charge in [-0.05, 0) is 0 Å². The molecule has 0 amide bonds. The van der Waals surface area contributed by atoms with Crippen molar-refractivity contribution in [3.63, 3.8) is 0 Å². The SMILES string of the molecule is Cl.O=[N+]([O-])O.OO. The van der Waals surface area contributed by atoms with Gasteiger partial charge in [-0.2, -0.15) is 0 Å². The normalized spacial score (nSPS) is 4.29. The van der Waals surface area contributed by atoms with Crippen molar-refractivity contribution in [3.8, 4) is 0 Å². The van der Waals surface area contributed by atoms with Crippen LogP contribution in [0.5, 0.6) is 0 Å². The van der Waals surface area contributed by atoms with E-state index in [4.69, 9.17) is 25.8 Å². The van der Waals surface area contributed by atoms with E-state index in [1.165, 1.54) is 0 Å². The molecule has 0 saturated carbocycles. The maximum Gasteiger partial charge on any atom is 0.291 e. The maximum absolute atomic E-state index is 8.36. The monoisotopic (exact) mass is 133 g/mol.